The number of hydrogen-bond donors (Lipinski definition) is 1. The fraction of sp³-hybridized carbons (Fsp3) is 0.0500. The minimum Gasteiger partial charge on any atom is -0.436 e. The molecule has 4 rings (SSSR count). The van der Waals surface area contributed by atoms with Crippen molar-refractivity contribution >= 4 is 22.7 Å². The molecule has 5 nitrogen and oxygen atoms in total. The zero-order chi connectivity index (χ0) is 17.2. The highest BCUT2D eigenvalue weighted by molar-refractivity contribution is 6.04. The topological polar surface area (TPSA) is 68.0 Å². The number of carbonyl (C=O) groups is 1. The zero-order valence-corrected chi connectivity index (χ0v) is 13.6. The molecular formula is C20H15N3O2. The SMILES string of the molecule is Cc1ccc2nc(-c3cccc(NC(=O)c4cccnc4)c3)oc2c1. The van der Waals surface area contributed by atoms with Crippen LogP contribution in [0.1, 0.15) is 15.9 Å². The third-order valence-electron chi connectivity index (χ3n) is 3.84. The van der Waals surface area contributed by atoms with E-state index in [0.717, 1.165) is 22.2 Å². The van der Waals surface area contributed by atoms with E-state index in [1.54, 1.807) is 18.3 Å². The van der Waals surface area contributed by atoms with E-state index >= 15 is 0 Å². The van der Waals surface area contributed by atoms with Gasteiger partial charge < -0.3 is 9.73 Å². The number of nitrogens with zero attached hydrogens (tertiary/aromatic N) is 2. The molecule has 25 heavy (non-hydrogen) atoms. The largest absolute Gasteiger partial charge is 0.436 e. The highest BCUT2D eigenvalue weighted by Gasteiger charge is 2.10. The molecule has 0 saturated carbocycles. The Balaban J connectivity index is 1.63. The molecule has 122 valence electrons. The number of nitrogens with one attached hydrogen (secondary N) is 1. The first-order chi connectivity index (χ1) is 12.2. The van der Waals surface area contributed by atoms with Gasteiger partial charge in [0.25, 0.3) is 5.91 Å². The van der Waals surface area contributed by atoms with Gasteiger partial charge in [-0.3, -0.25) is 9.78 Å². The van der Waals surface area contributed by atoms with Crippen LogP contribution in [0.25, 0.3) is 22.6 Å². The van der Waals surface area contributed by atoms with E-state index in [2.05, 4.69) is 15.3 Å². The summed E-state index contributed by atoms with van der Waals surface area (Å²) < 4.78 is 5.85. The van der Waals surface area contributed by atoms with Gasteiger partial charge in [0.2, 0.25) is 5.89 Å². The van der Waals surface area contributed by atoms with Crippen LogP contribution in [0, 0.1) is 6.92 Å². The van der Waals surface area contributed by atoms with Gasteiger partial charge >= 0.3 is 0 Å². The molecule has 0 fully saturated rings. The third kappa shape index (κ3) is 3.12. The summed E-state index contributed by atoms with van der Waals surface area (Å²) in [6.45, 7) is 2.01. The molecule has 0 saturated heterocycles. The maximum atomic E-state index is 12.3. The Morgan fingerprint density at radius 1 is 1.08 bits per heavy atom. The zero-order valence-electron chi connectivity index (χ0n) is 13.6. The molecule has 1 N–H and O–H groups in total. The first-order valence-electron chi connectivity index (χ1n) is 7.88. The summed E-state index contributed by atoms with van der Waals surface area (Å²) in [5.74, 6) is 0.316. The molecule has 1 amide bonds. The smallest absolute Gasteiger partial charge is 0.257 e. The summed E-state index contributed by atoms with van der Waals surface area (Å²) in [6, 6.07) is 16.8. The van der Waals surface area contributed by atoms with Gasteiger partial charge in [-0.2, -0.15) is 0 Å². The van der Waals surface area contributed by atoms with Crippen LogP contribution in [-0.2, 0) is 0 Å². The van der Waals surface area contributed by atoms with Crippen molar-refractivity contribution < 1.29 is 9.21 Å². The highest BCUT2D eigenvalue weighted by atomic mass is 16.3. The van der Waals surface area contributed by atoms with Crippen molar-refractivity contribution in [2.75, 3.05) is 5.32 Å². The van der Waals surface area contributed by atoms with Crippen molar-refractivity contribution in [2.24, 2.45) is 0 Å². The van der Waals surface area contributed by atoms with Crippen LogP contribution in [0.3, 0.4) is 0 Å². The fourth-order valence-electron chi connectivity index (χ4n) is 2.59. The summed E-state index contributed by atoms with van der Waals surface area (Å²) in [5.41, 5.74) is 4.66. The van der Waals surface area contributed by atoms with E-state index in [1.165, 1.54) is 6.20 Å². The van der Waals surface area contributed by atoms with Gasteiger partial charge in [-0.25, -0.2) is 4.98 Å². The molecule has 0 atom stereocenters. The summed E-state index contributed by atoms with van der Waals surface area (Å²) >= 11 is 0. The standard InChI is InChI=1S/C20H15N3O2/c1-13-7-8-17-18(10-13)25-20(23-17)14-4-2-6-16(11-14)22-19(24)15-5-3-9-21-12-15/h2-12H,1H3,(H,22,24). The summed E-state index contributed by atoms with van der Waals surface area (Å²) in [5, 5.41) is 2.86. The molecule has 5 heteroatoms. The van der Waals surface area contributed by atoms with Crippen LogP contribution in [0.2, 0.25) is 0 Å². The number of amides is 1. The lowest BCUT2D eigenvalue weighted by Crippen LogP contribution is -2.11. The Hall–Kier alpha value is -3.47. The molecule has 4 aromatic rings. The van der Waals surface area contributed by atoms with E-state index in [-0.39, 0.29) is 5.91 Å². The number of fused-ring (bicyclic) bond motifs is 1. The van der Waals surface area contributed by atoms with E-state index in [4.69, 9.17) is 4.42 Å². The molecule has 0 unspecified atom stereocenters. The van der Waals surface area contributed by atoms with Crippen molar-refractivity contribution in [3.63, 3.8) is 0 Å². The summed E-state index contributed by atoms with van der Waals surface area (Å²) in [6.07, 6.45) is 3.16. The van der Waals surface area contributed by atoms with Gasteiger partial charge in [0.1, 0.15) is 5.52 Å². The van der Waals surface area contributed by atoms with Gasteiger partial charge in [-0.1, -0.05) is 12.1 Å². The van der Waals surface area contributed by atoms with Gasteiger partial charge in [0.05, 0.1) is 5.56 Å². The number of rotatable bonds is 3. The Labute approximate surface area is 144 Å². The van der Waals surface area contributed by atoms with Crippen molar-refractivity contribution in [2.45, 2.75) is 6.92 Å². The molecule has 0 aliphatic heterocycles. The number of pyridine rings is 1. The predicted molar refractivity (Wildman–Crippen MR) is 96.4 cm³/mol. The molecule has 0 spiro atoms. The van der Waals surface area contributed by atoms with Crippen molar-refractivity contribution in [3.05, 3.63) is 78.1 Å². The monoisotopic (exact) mass is 329 g/mol. The molecule has 2 heterocycles. The average Bonchev–Trinajstić information content (AvgIpc) is 3.06. The van der Waals surface area contributed by atoms with Gasteiger partial charge in [0, 0.05) is 23.6 Å². The molecular weight excluding hydrogens is 314 g/mol. The highest BCUT2D eigenvalue weighted by Crippen LogP contribution is 2.26. The van der Waals surface area contributed by atoms with Crippen molar-refractivity contribution in [1.82, 2.24) is 9.97 Å². The normalized spacial score (nSPS) is 10.8. The molecule has 0 bridgehead atoms. The van der Waals surface area contributed by atoms with Crippen LogP contribution in [-0.4, -0.2) is 15.9 Å². The molecule has 0 aliphatic rings. The Kier molecular flexibility index (Phi) is 3.74. The first-order valence-corrected chi connectivity index (χ1v) is 7.88. The van der Waals surface area contributed by atoms with E-state index in [0.29, 0.717) is 17.1 Å². The van der Waals surface area contributed by atoms with Crippen LogP contribution in [0.15, 0.2) is 71.4 Å². The second-order valence-electron chi connectivity index (χ2n) is 5.77. The average molecular weight is 329 g/mol. The minimum absolute atomic E-state index is 0.210. The first kappa shape index (κ1) is 15.1. The van der Waals surface area contributed by atoms with Crippen LogP contribution in [0.5, 0.6) is 0 Å². The maximum Gasteiger partial charge on any atom is 0.257 e. The van der Waals surface area contributed by atoms with Crippen molar-refractivity contribution in [1.29, 1.82) is 0 Å². The van der Waals surface area contributed by atoms with E-state index in [9.17, 15) is 4.79 Å². The lowest BCUT2D eigenvalue weighted by molar-refractivity contribution is 0.102. The van der Waals surface area contributed by atoms with Crippen LogP contribution in [0.4, 0.5) is 5.69 Å². The lowest BCUT2D eigenvalue weighted by atomic mass is 10.2. The molecule has 2 aromatic heterocycles. The van der Waals surface area contributed by atoms with Crippen LogP contribution >= 0.6 is 0 Å². The Morgan fingerprint density at radius 2 is 2.00 bits per heavy atom. The summed E-state index contributed by atoms with van der Waals surface area (Å²) in [4.78, 5) is 20.7. The summed E-state index contributed by atoms with van der Waals surface area (Å²) in [7, 11) is 0. The van der Waals surface area contributed by atoms with E-state index in [1.807, 2.05) is 49.4 Å². The molecule has 0 radical (unpaired) electrons. The van der Waals surface area contributed by atoms with Gasteiger partial charge in [-0.05, 0) is 55.0 Å². The van der Waals surface area contributed by atoms with Gasteiger partial charge in [0.15, 0.2) is 5.58 Å². The van der Waals surface area contributed by atoms with E-state index < -0.39 is 0 Å². The fourth-order valence-corrected chi connectivity index (χ4v) is 2.59. The van der Waals surface area contributed by atoms with Crippen LogP contribution < -0.4 is 5.32 Å². The number of aromatic nitrogens is 2. The third-order valence-corrected chi connectivity index (χ3v) is 3.84. The van der Waals surface area contributed by atoms with Crippen molar-refractivity contribution in [3.8, 4) is 11.5 Å². The minimum atomic E-state index is -0.210. The maximum absolute atomic E-state index is 12.3. The number of benzene rings is 2. The Morgan fingerprint density at radius 3 is 2.84 bits per heavy atom. The molecule has 2 aromatic carbocycles. The number of oxazole rings is 1. The molecule has 0 aliphatic carbocycles. The second-order valence-corrected chi connectivity index (χ2v) is 5.77. The Bertz CT molecular complexity index is 1050. The lowest BCUT2D eigenvalue weighted by Gasteiger charge is -2.06. The number of anilines is 1. The van der Waals surface area contributed by atoms with Gasteiger partial charge in [-0.15, -0.1) is 0 Å². The predicted octanol–water partition coefficient (Wildman–Crippen LogP) is 4.45. The number of carbonyl (C=O) groups excluding carboxylic acids is 1. The number of aryl methyl sites for hydroxylation is 1. The number of hydrogen-bond acceptors (Lipinski definition) is 4. The quantitative estimate of drug-likeness (QED) is 0.603. The second kappa shape index (κ2) is 6.20.